The van der Waals surface area contributed by atoms with Gasteiger partial charge in [0.1, 0.15) is 0 Å². The maximum atomic E-state index is 11.3. The highest BCUT2D eigenvalue weighted by Crippen LogP contribution is 2.10. The zero-order valence-electron chi connectivity index (χ0n) is 9.76. The second kappa shape index (κ2) is 5.84. The summed E-state index contributed by atoms with van der Waals surface area (Å²) in [4.78, 5) is 11.3. The van der Waals surface area contributed by atoms with Crippen LogP contribution in [0.4, 0.5) is 5.69 Å². The Hall–Kier alpha value is -2.33. The fourth-order valence-electron chi connectivity index (χ4n) is 1.65. The molecule has 0 heterocycles. The number of hydroxylamine groups is 1. The van der Waals surface area contributed by atoms with Crippen LogP contribution in [-0.2, 0) is 6.54 Å². The molecule has 92 valence electrons. The molecule has 0 aliphatic rings. The van der Waals surface area contributed by atoms with E-state index in [4.69, 9.17) is 5.21 Å². The molecule has 0 aromatic heterocycles. The first-order valence-corrected chi connectivity index (χ1v) is 5.62. The molecular formula is C14H14N2O2. The average molecular weight is 242 g/mol. The number of rotatable bonds is 4. The van der Waals surface area contributed by atoms with Gasteiger partial charge >= 0.3 is 0 Å². The Morgan fingerprint density at radius 1 is 1.06 bits per heavy atom. The summed E-state index contributed by atoms with van der Waals surface area (Å²) in [6.07, 6.45) is 0. The summed E-state index contributed by atoms with van der Waals surface area (Å²) in [5.74, 6) is -0.503. The predicted molar refractivity (Wildman–Crippen MR) is 69.5 cm³/mol. The molecular weight excluding hydrogens is 228 g/mol. The lowest BCUT2D eigenvalue weighted by Gasteiger charge is -2.07. The van der Waals surface area contributed by atoms with Gasteiger partial charge in [-0.25, -0.2) is 5.48 Å². The molecule has 0 spiro atoms. The highest BCUT2D eigenvalue weighted by atomic mass is 16.5. The summed E-state index contributed by atoms with van der Waals surface area (Å²) >= 11 is 0. The van der Waals surface area contributed by atoms with Crippen LogP contribution in [-0.4, -0.2) is 11.1 Å². The predicted octanol–water partition coefficient (Wildman–Crippen LogP) is 2.42. The summed E-state index contributed by atoms with van der Waals surface area (Å²) in [6.45, 7) is 0.622. The van der Waals surface area contributed by atoms with E-state index in [-0.39, 0.29) is 0 Å². The summed E-state index contributed by atoms with van der Waals surface area (Å²) in [6, 6.07) is 16.9. The van der Waals surface area contributed by atoms with Gasteiger partial charge in [0.05, 0.1) is 0 Å². The molecule has 0 atom stereocenters. The lowest BCUT2D eigenvalue weighted by atomic mass is 10.1. The van der Waals surface area contributed by atoms with Crippen LogP contribution in [0.1, 0.15) is 15.9 Å². The van der Waals surface area contributed by atoms with Gasteiger partial charge in [-0.1, -0.05) is 30.3 Å². The zero-order chi connectivity index (χ0) is 12.8. The van der Waals surface area contributed by atoms with E-state index >= 15 is 0 Å². The van der Waals surface area contributed by atoms with Gasteiger partial charge in [-0.3, -0.25) is 10.0 Å². The van der Waals surface area contributed by atoms with Gasteiger partial charge in [-0.2, -0.15) is 0 Å². The average Bonchev–Trinajstić information content (AvgIpc) is 2.45. The minimum atomic E-state index is -0.503. The van der Waals surface area contributed by atoms with E-state index in [1.54, 1.807) is 23.7 Å². The molecule has 2 aromatic rings. The molecule has 18 heavy (non-hydrogen) atoms. The van der Waals surface area contributed by atoms with E-state index < -0.39 is 5.91 Å². The number of carbonyl (C=O) groups excluding carboxylic acids is 1. The lowest BCUT2D eigenvalue weighted by molar-refractivity contribution is 0.0706. The van der Waals surface area contributed by atoms with Gasteiger partial charge in [-0.15, -0.1) is 0 Å². The largest absolute Gasteiger partial charge is 0.381 e. The van der Waals surface area contributed by atoms with Crippen molar-refractivity contribution in [3.05, 3.63) is 65.7 Å². The smallest absolute Gasteiger partial charge is 0.274 e. The first-order chi connectivity index (χ1) is 8.79. The minimum Gasteiger partial charge on any atom is -0.381 e. The molecule has 3 N–H and O–H groups in total. The molecule has 4 heteroatoms. The van der Waals surface area contributed by atoms with Crippen LogP contribution < -0.4 is 10.8 Å². The number of carbonyl (C=O) groups is 1. The third-order valence-corrected chi connectivity index (χ3v) is 2.56. The van der Waals surface area contributed by atoms with Crippen molar-refractivity contribution in [3.8, 4) is 0 Å². The number of amides is 1. The fraction of sp³-hybridized carbons (Fsp3) is 0.0714. The van der Waals surface area contributed by atoms with E-state index in [1.165, 1.54) is 0 Å². The van der Waals surface area contributed by atoms with Crippen molar-refractivity contribution in [2.75, 3.05) is 5.32 Å². The van der Waals surface area contributed by atoms with E-state index in [0.29, 0.717) is 12.1 Å². The molecule has 0 saturated heterocycles. The number of benzene rings is 2. The summed E-state index contributed by atoms with van der Waals surface area (Å²) in [7, 11) is 0. The maximum absolute atomic E-state index is 11.3. The number of nitrogens with one attached hydrogen (secondary N) is 2. The molecule has 1 amide bonds. The molecule has 0 bridgehead atoms. The normalized spacial score (nSPS) is 9.83. The molecule has 0 aliphatic heterocycles. The van der Waals surface area contributed by atoms with Gasteiger partial charge in [0.2, 0.25) is 0 Å². The van der Waals surface area contributed by atoms with Crippen molar-refractivity contribution in [1.82, 2.24) is 5.48 Å². The summed E-state index contributed by atoms with van der Waals surface area (Å²) in [5, 5.41) is 11.8. The maximum Gasteiger partial charge on any atom is 0.274 e. The summed E-state index contributed by atoms with van der Waals surface area (Å²) in [5.41, 5.74) is 4.05. The molecule has 0 radical (unpaired) electrons. The first kappa shape index (κ1) is 12.1. The number of hydrogen-bond acceptors (Lipinski definition) is 3. The number of hydrogen-bond donors (Lipinski definition) is 3. The van der Waals surface area contributed by atoms with Crippen LogP contribution >= 0.6 is 0 Å². The molecule has 0 fully saturated rings. The Morgan fingerprint density at radius 3 is 2.56 bits per heavy atom. The van der Waals surface area contributed by atoms with Crippen molar-refractivity contribution in [3.63, 3.8) is 0 Å². The quantitative estimate of drug-likeness (QED) is 0.570. The topological polar surface area (TPSA) is 61.4 Å². The Bertz CT molecular complexity index is 526. The molecule has 2 aromatic carbocycles. The van der Waals surface area contributed by atoms with Crippen molar-refractivity contribution >= 4 is 11.6 Å². The Kier molecular flexibility index (Phi) is 3.94. The second-order valence-corrected chi connectivity index (χ2v) is 3.86. The van der Waals surface area contributed by atoms with Crippen LogP contribution in [0, 0.1) is 0 Å². The Labute approximate surface area is 105 Å². The van der Waals surface area contributed by atoms with Crippen LogP contribution in [0.15, 0.2) is 54.6 Å². The second-order valence-electron chi connectivity index (χ2n) is 3.86. The van der Waals surface area contributed by atoms with Gasteiger partial charge in [0.15, 0.2) is 0 Å². The van der Waals surface area contributed by atoms with Gasteiger partial charge in [0, 0.05) is 17.8 Å². The van der Waals surface area contributed by atoms with E-state index in [0.717, 1.165) is 11.3 Å². The molecule has 2 rings (SSSR count). The third-order valence-electron chi connectivity index (χ3n) is 2.56. The van der Waals surface area contributed by atoms with Crippen LogP contribution in [0.2, 0.25) is 0 Å². The van der Waals surface area contributed by atoms with Crippen LogP contribution in [0.25, 0.3) is 0 Å². The number of anilines is 1. The van der Waals surface area contributed by atoms with Gasteiger partial charge < -0.3 is 5.32 Å². The SMILES string of the molecule is O=C(NO)c1cccc(CNc2ccccc2)c1. The molecule has 0 unspecified atom stereocenters. The van der Waals surface area contributed by atoms with Crippen molar-refractivity contribution < 1.29 is 10.0 Å². The fourth-order valence-corrected chi connectivity index (χ4v) is 1.65. The lowest BCUT2D eigenvalue weighted by Crippen LogP contribution is -2.18. The molecule has 4 nitrogen and oxygen atoms in total. The Balaban J connectivity index is 2.04. The van der Waals surface area contributed by atoms with Crippen molar-refractivity contribution in [2.24, 2.45) is 0 Å². The van der Waals surface area contributed by atoms with E-state index in [2.05, 4.69) is 5.32 Å². The monoisotopic (exact) mass is 242 g/mol. The first-order valence-electron chi connectivity index (χ1n) is 5.62. The minimum absolute atomic E-state index is 0.435. The van der Waals surface area contributed by atoms with Crippen LogP contribution in [0.5, 0.6) is 0 Å². The highest BCUT2D eigenvalue weighted by molar-refractivity contribution is 5.93. The van der Waals surface area contributed by atoms with Gasteiger partial charge in [0.25, 0.3) is 5.91 Å². The molecule has 0 saturated carbocycles. The summed E-state index contributed by atoms with van der Waals surface area (Å²) < 4.78 is 0. The van der Waals surface area contributed by atoms with E-state index in [1.807, 2.05) is 36.4 Å². The number of para-hydroxylation sites is 1. The van der Waals surface area contributed by atoms with Gasteiger partial charge in [-0.05, 0) is 29.8 Å². The zero-order valence-corrected chi connectivity index (χ0v) is 9.76. The van der Waals surface area contributed by atoms with Crippen LogP contribution in [0.3, 0.4) is 0 Å². The van der Waals surface area contributed by atoms with E-state index in [9.17, 15) is 4.79 Å². The Morgan fingerprint density at radius 2 is 1.83 bits per heavy atom. The standard InChI is InChI=1S/C14H14N2O2/c17-14(16-18)12-6-4-5-11(9-12)10-15-13-7-2-1-3-8-13/h1-9,15,18H,10H2,(H,16,17). The third kappa shape index (κ3) is 3.09. The van der Waals surface area contributed by atoms with Crippen molar-refractivity contribution in [2.45, 2.75) is 6.54 Å². The van der Waals surface area contributed by atoms with Crippen molar-refractivity contribution in [1.29, 1.82) is 0 Å². The molecule has 0 aliphatic carbocycles. The highest BCUT2D eigenvalue weighted by Gasteiger charge is 2.04.